The zero-order valence-corrected chi connectivity index (χ0v) is 15.8. The first kappa shape index (κ1) is 19.4. The number of nitrogens with two attached hydrogens (primary N) is 1. The molecule has 4 heterocycles. The van der Waals surface area contributed by atoms with E-state index in [0.717, 1.165) is 16.2 Å². The highest BCUT2D eigenvalue weighted by Crippen LogP contribution is 2.46. The zero-order valence-electron chi connectivity index (χ0n) is 15.0. The number of ether oxygens (including phenoxy) is 2. The average molecular weight is 431 g/mol. The van der Waals surface area contributed by atoms with Gasteiger partial charge < -0.3 is 25.1 Å². The zero-order chi connectivity index (χ0) is 20.9. The number of nitrogens with one attached hydrogen (secondary N) is 1. The minimum absolute atomic E-state index is 0.0190. The van der Waals surface area contributed by atoms with Gasteiger partial charge in [-0.15, -0.1) is 11.3 Å². The van der Waals surface area contributed by atoms with Crippen molar-refractivity contribution in [1.82, 2.24) is 9.55 Å². The number of halogens is 3. The number of thiophene rings is 1. The molecule has 2 amide bonds. The number of hydrogen-bond acceptors (Lipinski definition) is 7. The van der Waals surface area contributed by atoms with Crippen LogP contribution in [0.4, 0.5) is 28.8 Å². The largest absolute Gasteiger partial charge is 0.487 e. The van der Waals surface area contributed by atoms with Gasteiger partial charge >= 0.3 is 6.09 Å². The Hall–Kier alpha value is -2.96. The van der Waals surface area contributed by atoms with Crippen molar-refractivity contribution < 1.29 is 32.2 Å². The van der Waals surface area contributed by atoms with Gasteiger partial charge in [0.1, 0.15) is 35.2 Å². The number of imidazole rings is 1. The summed E-state index contributed by atoms with van der Waals surface area (Å²) in [5.74, 6) is -1.21. The smallest absolute Gasteiger partial charge is 0.416 e. The predicted octanol–water partition coefficient (Wildman–Crippen LogP) is 2.02. The number of nitrogens with zero attached hydrogens (tertiary/aromatic N) is 3. The van der Waals surface area contributed by atoms with E-state index in [9.17, 15) is 22.8 Å². The number of alkyl halides is 2. The molecule has 1 saturated heterocycles. The quantitative estimate of drug-likeness (QED) is 0.749. The van der Waals surface area contributed by atoms with Crippen LogP contribution in [0.15, 0.2) is 6.20 Å². The Morgan fingerprint density at radius 3 is 2.90 bits per heavy atom. The molecule has 29 heavy (non-hydrogen) atoms. The molecular formula is C16H16F3N5O4S. The lowest BCUT2D eigenvalue weighted by molar-refractivity contribution is -0.118. The molecule has 2 aliphatic rings. The molecule has 0 spiro atoms. The molecule has 13 heteroatoms. The van der Waals surface area contributed by atoms with Crippen LogP contribution in [0.2, 0.25) is 0 Å². The van der Waals surface area contributed by atoms with E-state index in [1.165, 1.54) is 13.1 Å². The maximum absolute atomic E-state index is 14.8. The average Bonchev–Trinajstić information content (AvgIpc) is 3.29. The second-order valence-electron chi connectivity index (χ2n) is 6.49. The number of fused-ring (bicyclic) bond motifs is 3. The van der Waals surface area contributed by atoms with Crippen LogP contribution in [0.25, 0.3) is 10.7 Å². The van der Waals surface area contributed by atoms with E-state index in [1.807, 2.05) is 0 Å². The van der Waals surface area contributed by atoms with Crippen LogP contribution >= 0.6 is 11.3 Å². The lowest BCUT2D eigenvalue weighted by Gasteiger charge is -2.17. The Balaban J connectivity index is 1.74. The van der Waals surface area contributed by atoms with Crippen molar-refractivity contribution in [3.05, 3.63) is 12.0 Å². The SMILES string of the molecule is C[C@H](Nc1sc2c(c1F)OCCn1cc(N3C(=O)OC[C@H]3C(F)F)nc1-2)C(N)=O. The Bertz CT molecular complexity index is 978. The summed E-state index contributed by atoms with van der Waals surface area (Å²) in [4.78, 5) is 28.6. The number of amides is 2. The van der Waals surface area contributed by atoms with Gasteiger partial charge in [-0.2, -0.15) is 4.39 Å². The van der Waals surface area contributed by atoms with Crippen LogP contribution in [-0.4, -0.2) is 53.3 Å². The first-order chi connectivity index (χ1) is 13.8. The highest BCUT2D eigenvalue weighted by Gasteiger charge is 2.42. The third-order valence-electron chi connectivity index (χ3n) is 4.57. The predicted molar refractivity (Wildman–Crippen MR) is 96.9 cm³/mol. The summed E-state index contributed by atoms with van der Waals surface area (Å²) in [6.07, 6.45) is -2.31. The summed E-state index contributed by atoms with van der Waals surface area (Å²) in [5.41, 5.74) is 5.20. The van der Waals surface area contributed by atoms with Gasteiger partial charge in [0.05, 0.1) is 6.54 Å². The highest BCUT2D eigenvalue weighted by molar-refractivity contribution is 7.19. The fraction of sp³-hybridized carbons (Fsp3) is 0.438. The van der Waals surface area contributed by atoms with Gasteiger partial charge in [-0.25, -0.2) is 23.5 Å². The topological polar surface area (TPSA) is 112 Å². The van der Waals surface area contributed by atoms with Crippen LogP contribution < -0.4 is 20.7 Å². The molecule has 2 atom stereocenters. The van der Waals surface area contributed by atoms with Gasteiger partial charge in [0.15, 0.2) is 23.2 Å². The summed E-state index contributed by atoms with van der Waals surface area (Å²) in [5, 5.41) is 2.71. The van der Waals surface area contributed by atoms with E-state index in [4.69, 9.17) is 15.2 Å². The minimum Gasteiger partial charge on any atom is -0.487 e. The number of anilines is 2. The van der Waals surface area contributed by atoms with Gasteiger partial charge in [-0.1, -0.05) is 0 Å². The van der Waals surface area contributed by atoms with Crippen molar-refractivity contribution in [2.75, 3.05) is 23.4 Å². The molecular weight excluding hydrogens is 415 g/mol. The molecule has 0 bridgehead atoms. The van der Waals surface area contributed by atoms with Crippen molar-refractivity contribution in [2.45, 2.75) is 32.0 Å². The summed E-state index contributed by atoms with van der Waals surface area (Å²) in [6, 6.07) is -2.28. The third kappa shape index (κ3) is 3.24. The number of hydrogen-bond donors (Lipinski definition) is 2. The fourth-order valence-corrected chi connectivity index (χ4v) is 4.15. The van der Waals surface area contributed by atoms with Gasteiger partial charge in [0.25, 0.3) is 6.43 Å². The minimum atomic E-state index is -2.81. The Kier molecular flexibility index (Phi) is 4.76. The van der Waals surface area contributed by atoms with Gasteiger partial charge in [0.2, 0.25) is 5.91 Å². The van der Waals surface area contributed by atoms with Crippen LogP contribution in [0.1, 0.15) is 6.92 Å². The molecule has 2 aromatic heterocycles. The van der Waals surface area contributed by atoms with E-state index in [-0.39, 0.29) is 35.5 Å². The van der Waals surface area contributed by atoms with E-state index in [2.05, 4.69) is 10.3 Å². The summed E-state index contributed by atoms with van der Waals surface area (Å²) < 4.78 is 53.1. The number of carbonyl (C=O) groups excluding carboxylic acids is 2. The monoisotopic (exact) mass is 431 g/mol. The van der Waals surface area contributed by atoms with Crippen LogP contribution in [-0.2, 0) is 16.1 Å². The molecule has 9 nitrogen and oxygen atoms in total. The van der Waals surface area contributed by atoms with E-state index in [0.29, 0.717) is 4.88 Å². The maximum atomic E-state index is 14.8. The van der Waals surface area contributed by atoms with Crippen molar-refractivity contribution >= 4 is 34.2 Å². The second kappa shape index (κ2) is 7.13. The molecule has 4 rings (SSSR count). The van der Waals surface area contributed by atoms with Crippen molar-refractivity contribution in [3.63, 3.8) is 0 Å². The first-order valence-corrected chi connectivity index (χ1v) is 9.42. The number of cyclic esters (lactones) is 1. The second-order valence-corrected chi connectivity index (χ2v) is 7.51. The summed E-state index contributed by atoms with van der Waals surface area (Å²) in [7, 11) is 0. The summed E-state index contributed by atoms with van der Waals surface area (Å²) >= 11 is 0.942. The first-order valence-electron chi connectivity index (χ1n) is 8.60. The van der Waals surface area contributed by atoms with Gasteiger partial charge in [-0.3, -0.25) is 4.79 Å². The standard InChI is InChI=1S/C16H16F3N5O4S/c1-6(13(20)25)21-15-9(17)10-11(29-15)14-22-8(4-23(14)2-3-27-10)24-7(12(18)19)5-28-16(24)26/h4,6-7,12,21H,2-3,5H2,1H3,(H2,20,25)/t6-,7-/m0/s1. The Labute approximate surface area is 166 Å². The summed E-state index contributed by atoms with van der Waals surface area (Å²) in [6.45, 7) is 1.40. The van der Waals surface area contributed by atoms with Crippen LogP contribution in [0, 0.1) is 5.82 Å². The molecule has 2 aromatic rings. The van der Waals surface area contributed by atoms with E-state index >= 15 is 0 Å². The molecule has 1 fully saturated rings. The molecule has 0 aromatic carbocycles. The number of primary amides is 1. The van der Waals surface area contributed by atoms with Crippen molar-refractivity contribution in [1.29, 1.82) is 0 Å². The van der Waals surface area contributed by atoms with E-state index < -0.39 is 42.9 Å². The van der Waals surface area contributed by atoms with E-state index in [1.54, 1.807) is 4.57 Å². The lowest BCUT2D eigenvalue weighted by atomic mass is 10.3. The van der Waals surface area contributed by atoms with Crippen molar-refractivity contribution in [2.24, 2.45) is 5.73 Å². The maximum Gasteiger partial charge on any atom is 0.416 e. The fourth-order valence-electron chi connectivity index (χ4n) is 3.03. The molecule has 0 radical (unpaired) electrons. The van der Waals surface area contributed by atoms with Gasteiger partial charge in [-0.05, 0) is 6.92 Å². The highest BCUT2D eigenvalue weighted by atomic mass is 32.1. The van der Waals surface area contributed by atoms with Crippen LogP contribution in [0.5, 0.6) is 5.75 Å². The van der Waals surface area contributed by atoms with Crippen LogP contribution in [0.3, 0.4) is 0 Å². The molecule has 156 valence electrons. The molecule has 3 N–H and O–H groups in total. The molecule has 0 saturated carbocycles. The molecule has 0 aliphatic carbocycles. The Morgan fingerprint density at radius 1 is 1.45 bits per heavy atom. The lowest BCUT2D eigenvalue weighted by Crippen LogP contribution is -2.38. The number of carbonyl (C=O) groups is 2. The van der Waals surface area contributed by atoms with Crippen molar-refractivity contribution in [3.8, 4) is 16.5 Å². The number of aromatic nitrogens is 2. The number of rotatable bonds is 5. The normalized spacial score (nSPS) is 19.3. The molecule has 0 unspecified atom stereocenters. The third-order valence-corrected chi connectivity index (χ3v) is 5.65. The molecule has 2 aliphatic heterocycles. The van der Waals surface area contributed by atoms with Gasteiger partial charge in [0, 0.05) is 6.20 Å². The Morgan fingerprint density at radius 2 is 2.21 bits per heavy atom.